The number of halogens is 1. The molecule has 0 spiro atoms. The SMILES string of the molecule is OCCCNCc1ccc(OCc2ccc(Cl)cc2)cc1. The number of benzene rings is 2. The van der Waals surface area contributed by atoms with Gasteiger partial charge in [0.25, 0.3) is 0 Å². The summed E-state index contributed by atoms with van der Waals surface area (Å²) >= 11 is 5.85. The summed E-state index contributed by atoms with van der Waals surface area (Å²) in [6.45, 7) is 2.39. The lowest BCUT2D eigenvalue weighted by Gasteiger charge is -2.08. The van der Waals surface area contributed by atoms with E-state index in [-0.39, 0.29) is 6.61 Å². The summed E-state index contributed by atoms with van der Waals surface area (Å²) < 4.78 is 5.73. The highest BCUT2D eigenvalue weighted by molar-refractivity contribution is 6.30. The molecular formula is C17H20ClNO2. The summed E-state index contributed by atoms with van der Waals surface area (Å²) in [4.78, 5) is 0. The van der Waals surface area contributed by atoms with Crippen LogP contribution in [-0.4, -0.2) is 18.3 Å². The first-order valence-corrected chi connectivity index (χ1v) is 7.43. The third kappa shape index (κ3) is 5.76. The van der Waals surface area contributed by atoms with E-state index in [0.717, 1.165) is 35.8 Å². The normalized spacial score (nSPS) is 10.6. The van der Waals surface area contributed by atoms with E-state index in [1.807, 2.05) is 48.5 Å². The van der Waals surface area contributed by atoms with E-state index in [1.165, 1.54) is 5.56 Å². The molecule has 0 bridgehead atoms. The van der Waals surface area contributed by atoms with Gasteiger partial charge < -0.3 is 15.2 Å². The number of hydrogen-bond acceptors (Lipinski definition) is 3. The predicted octanol–water partition coefficient (Wildman–Crippen LogP) is 3.39. The van der Waals surface area contributed by atoms with Crippen LogP contribution in [0.1, 0.15) is 17.5 Å². The van der Waals surface area contributed by atoms with Gasteiger partial charge in [-0.2, -0.15) is 0 Å². The molecule has 21 heavy (non-hydrogen) atoms. The molecule has 0 amide bonds. The van der Waals surface area contributed by atoms with Gasteiger partial charge in [0.2, 0.25) is 0 Å². The van der Waals surface area contributed by atoms with Crippen LogP contribution in [0.3, 0.4) is 0 Å². The van der Waals surface area contributed by atoms with Gasteiger partial charge in [-0.1, -0.05) is 35.9 Å². The van der Waals surface area contributed by atoms with Crippen molar-refractivity contribution >= 4 is 11.6 Å². The Morgan fingerprint density at radius 2 is 1.62 bits per heavy atom. The number of ether oxygens (including phenoxy) is 1. The van der Waals surface area contributed by atoms with Crippen LogP contribution in [0.5, 0.6) is 5.75 Å². The molecule has 0 saturated heterocycles. The van der Waals surface area contributed by atoms with Crippen molar-refractivity contribution in [1.82, 2.24) is 5.32 Å². The minimum atomic E-state index is 0.227. The van der Waals surface area contributed by atoms with E-state index in [1.54, 1.807) is 0 Å². The molecule has 0 unspecified atom stereocenters. The Kier molecular flexibility index (Phi) is 6.54. The summed E-state index contributed by atoms with van der Waals surface area (Å²) in [7, 11) is 0. The molecule has 2 aromatic rings. The van der Waals surface area contributed by atoms with Crippen molar-refractivity contribution in [1.29, 1.82) is 0 Å². The maximum atomic E-state index is 8.70. The first kappa shape index (κ1) is 15.8. The predicted molar refractivity (Wildman–Crippen MR) is 85.6 cm³/mol. The molecule has 0 heterocycles. The fraction of sp³-hybridized carbons (Fsp3) is 0.294. The maximum absolute atomic E-state index is 8.70. The first-order chi connectivity index (χ1) is 10.3. The quantitative estimate of drug-likeness (QED) is 0.735. The van der Waals surface area contributed by atoms with E-state index < -0.39 is 0 Å². The molecule has 0 fully saturated rings. The molecule has 4 heteroatoms. The lowest BCUT2D eigenvalue weighted by atomic mass is 10.2. The lowest BCUT2D eigenvalue weighted by molar-refractivity contribution is 0.286. The van der Waals surface area contributed by atoms with Gasteiger partial charge in [0.15, 0.2) is 0 Å². The number of rotatable bonds is 8. The summed E-state index contributed by atoms with van der Waals surface area (Å²) in [6.07, 6.45) is 0.780. The molecule has 0 atom stereocenters. The second-order valence-electron chi connectivity index (χ2n) is 4.81. The molecule has 112 valence electrons. The zero-order valence-corrected chi connectivity index (χ0v) is 12.6. The number of aliphatic hydroxyl groups is 1. The lowest BCUT2D eigenvalue weighted by Crippen LogP contribution is -2.15. The van der Waals surface area contributed by atoms with Crippen molar-refractivity contribution in [3.05, 3.63) is 64.7 Å². The van der Waals surface area contributed by atoms with Crippen molar-refractivity contribution in [3.63, 3.8) is 0 Å². The largest absolute Gasteiger partial charge is 0.489 e. The van der Waals surface area contributed by atoms with Crippen LogP contribution in [0, 0.1) is 0 Å². The summed E-state index contributed by atoms with van der Waals surface area (Å²) in [6, 6.07) is 15.7. The van der Waals surface area contributed by atoms with Crippen molar-refractivity contribution in [2.75, 3.05) is 13.2 Å². The molecule has 2 rings (SSSR count). The van der Waals surface area contributed by atoms with Crippen LogP contribution in [-0.2, 0) is 13.2 Å². The van der Waals surface area contributed by atoms with Gasteiger partial charge in [-0.3, -0.25) is 0 Å². The second-order valence-corrected chi connectivity index (χ2v) is 5.25. The zero-order chi connectivity index (χ0) is 14.9. The number of aliphatic hydroxyl groups excluding tert-OH is 1. The molecule has 0 radical (unpaired) electrons. The van der Waals surface area contributed by atoms with Gasteiger partial charge in [-0.05, 0) is 48.4 Å². The highest BCUT2D eigenvalue weighted by Gasteiger charge is 1.98. The Labute approximate surface area is 130 Å². The first-order valence-electron chi connectivity index (χ1n) is 7.05. The average molecular weight is 306 g/mol. The fourth-order valence-corrected chi connectivity index (χ4v) is 2.01. The van der Waals surface area contributed by atoms with Crippen molar-refractivity contribution in [2.45, 2.75) is 19.6 Å². The Morgan fingerprint density at radius 3 is 2.29 bits per heavy atom. The number of nitrogens with one attached hydrogen (secondary N) is 1. The molecule has 0 aliphatic rings. The molecule has 0 aromatic heterocycles. The molecule has 3 nitrogen and oxygen atoms in total. The monoisotopic (exact) mass is 305 g/mol. The van der Waals surface area contributed by atoms with E-state index in [0.29, 0.717) is 6.61 Å². The van der Waals surface area contributed by atoms with Gasteiger partial charge in [-0.25, -0.2) is 0 Å². The molecular weight excluding hydrogens is 286 g/mol. The highest BCUT2D eigenvalue weighted by atomic mass is 35.5. The third-order valence-corrected chi connectivity index (χ3v) is 3.33. The summed E-state index contributed by atoms with van der Waals surface area (Å²) in [5.41, 5.74) is 2.29. The van der Waals surface area contributed by atoms with Gasteiger partial charge in [0.05, 0.1) is 0 Å². The van der Waals surface area contributed by atoms with E-state index in [2.05, 4.69) is 5.32 Å². The second kappa shape index (κ2) is 8.67. The van der Waals surface area contributed by atoms with Crippen LogP contribution in [0.25, 0.3) is 0 Å². The molecule has 0 aliphatic carbocycles. The zero-order valence-electron chi connectivity index (χ0n) is 11.9. The van der Waals surface area contributed by atoms with Gasteiger partial charge in [0, 0.05) is 18.2 Å². The van der Waals surface area contributed by atoms with E-state index in [9.17, 15) is 0 Å². The summed E-state index contributed by atoms with van der Waals surface area (Å²) in [5, 5.41) is 12.7. The molecule has 0 saturated carbocycles. The Hall–Kier alpha value is -1.55. The van der Waals surface area contributed by atoms with Crippen LogP contribution in [0.2, 0.25) is 5.02 Å². The fourth-order valence-electron chi connectivity index (χ4n) is 1.89. The topological polar surface area (TPSA) is 41.5 Å². The molecule has 0 aliphatic heterocycles. The van der Waals surface area contributed by atoms with Crippen molar-refractivity contribution in [3.8, 4) is 5.75 Å². The Bertz CT molecular complexity index is 525. The van der Waals surface area contributed by atoms with Crippen LogP contribution < -0.4 is 10.1 Å². The standard InChI is InChI=1S/C17H20ClNO2/c18-16-6-2-15(3-7-16)13-21-17-8-4-14(5-9-17)12-19-10-1-11-20/h2-9,19-20H,1,10-13H2. The van der Waals surface area contributed by atoms with Crippen LogP contribution in [0.15, 0.2) is 48.5 Å². The molecule has 2 N–H and O–H groups in total. The minimum absolute atomic E-state index is 0.227. The third-order valence-electron chi connectivity index (χ3n) is 3.08. The van der Waals surface area contributed by atoms with Gasteiger partial charge in [-0.15, -0.1) is 0 Å². The summed E-state index contributed by atoms with van der Waals surface area (Å²) in [5.74, 6) is 0.851. The van der Waals surface area contributed by atoms with Gasteiger partial charge >= 0.3 is 0 Å². The van der Waals surface area contributed by atoms with Crippen LogP contribution >= 0.6 is 11.6 Å². The average Bonchev–Trinajstić information content (AvgIpc) is 2.52. The molecule has 2 aromatic carbocycles. The van der Waals surface area contributed by atoms with E-state index >= 15 is 0 Å². The highest BCUT2D eigenvalue weighted by Crippen LogP contribution is 2.15. The van der Waals surface area contributed by atoms with E-state index in [4.69, 9.17) is 21.4 Å². The minimum Gasteiger partial charge on any atom is -0.489 e. The van der Waals surface area contributed by atoms with Gasteiger partial charge in [0.1, 0.15) is 12.4 Å². The number of hydrogen-bond donors (Lipinski definition) is 2. The van der Waals surface area contributed by atoms with Crippen molar-refractivity contribution < 1.29 is 9.84 Å². The Morgan fingerprint density at radius 1 is 0.952 bits per heavy atom. The Balaban J connectivity index is 1.78. The van der Waals surface area contributed by atoms with Crippen LogP contribution in [0.4, 0.5) is 0 Å². The maximum Gasteiger partial charge on any atom is 0.119 e. The smallest absolute Gasteiger partial charge is 0.119 e. The van der Waals surface area contributed by atoms with Crippen molar-refractivity contribution in [2.24, 2.45) is 0 Å².